The maximum absolute atomic E-state index is 13.9. The highest BCUT2D eigenvalue weighted by Crippen LogP contribution is 2.51. The van der Waals surface area contributed by atoms with Gasteiger partial charge in [-0.1, -0.05) is 25.1 Å². The number of anilines is 1. The number of nitrogens with zero attached hydrogens (tertiary/aromatic N) is 4. The summed E-state index contributed by atoms with van der Waals surface area (Å²) in [5.41, 5.74) is 4.02. The van der Waals surface area contributed by atoms with E-state index in [0.29, 0.717) is 5.52 Å². The summed E-state index contributed by atoms with van der Waals surface area (Å²) in [6.45, 7) is 4.43. The van der Waals surface area contributed by atoms with Crippen LogP contribution in [0.3, 0.4) is 0 Å². The van der Waals surface area contributed by atoms with Gasteiger partial charge >= 0.3 is 13.6 Å². The van der Waals surface area contributed by atoms with Gasteiger partial charge in [0.25, 0.3) is 0 Å². The minimum absolute atomic E-state index is 0.0521. The quantitative estimate of drug-likeness (QED) is 0.178. The van der Waals surface area contributed by atoms with Gasteiger partial charge in [0, 0.05) is 5.38 Å². The van der Waals surface area contributed by atoms with Gasteiger partial charge in [0.05, 0.1) is 37.3 Å². The van der Waals surface area contributed by atoms with Gasteiger partial charge in [0.1, 0.15) is 23.5 Å². The van der Waals surface area contributed by atoms with E-state index in [2.05, 4.69) is 26.3 Å². The molecular weight excluding hydrogens is 565 g/mol. The number of carbonyl (C=O) groups is 1. The van der Waals surface area contributed by atoms with E-state index in [4.69, 9.17) is 35.9 Å². The third-order valence-corrected chi connectivity index (χ3v) is 8.11. The molecule has 1 aliphatic heterocycles. The van der Waals surface area contributed by atoms with Crippen molar-refractivity contribution in [3.63, 3.8) is 0 Å². The van der Waals surface area contributed by atoms with E-state index in [1.54, 1.807) is 51.1 Å². The van der Waals surface area contributed by atoms with Gasteiger partial charge in [-0.05, 0) is 43.5 Å². The highest BCUT2D eigenvalue weighted by Gasteiger charge is 2.56. The Morgan fingerprint density at radius 1 is 1.30 bits per heavy atom. The molecule has 2 aromatic heterocycles. The number of ether oxygens (including phenoxy) is 2. The Morgan fingerprint density at radius 2 is 2.02 bits per heavy atom. The number of benzene rings is 1. The van der Waals surface area contributed by atoms with E-state index in [0.717, 1.165) is 0 Å². The lowest BCUT2D eigenvalue weighted by Crippen LogP contribution is -2.46. The molecule has 6 atom stereocenters. The van der Waals surface area contributed by atoms with Crippen LogP contribution in [-0.2, 0) is 23.4 Å². The molecule has 0 bridgehead atoms. The van der Waals surface area contributed by atoms with Crippen LogP contribution in [0.15, 0.2) is 42.9 Å². The molecule has 40 heavy (non-hydrogen) atoms. The minimum atomic E-state index is -4.05. The first-order chi connectivity index (χ1) is 19.0. The van der Waals surface area contributed by atoms with E-state index < -0.39 is 50.1 Å². The first-order valence-corrected chi connectivity index (χ1v) is 14.4. The van der Waals surface area contributed by atoms with Crippen LogP contribution in [0.1, 0.15) is 27.0 Å². The highest BCUT2D eigenvalue weighted by atomic mass is 35.5. The number of hydrogen-bond donors (Lipinski definition) is 3. The number of aliphatic hydroxyl groups excluding tert-OH is 1. The van der Waals surface area contributed by atoms with E-state index in [1.165, 1.54) is 17.1 Å². The molecular formula is C25H29ClN5O8P. The average molecular weight is 594 g/mol. The van der Waals surface area contributed by atoms with Gasteiger partial charge in [-0.25, -0.2) is 14.5 Å². The predicted molar refractivity (Wildman–Crippen MR) is 144 cm³/mol. The lowest BCUT2D eigenvalue weighted by atomic mass is 9.95. The van der Waals surface area contributed by atoms with Crippen molar-refractivity contribution in [2.75, 3.05) is 18.5 Å². The molecule has 1 aromatic carbocycles. The highest BCUT2D eigenvalue weighted by molar-refractivity contribution is 7.54. The lowest BCUT2D eigenvalue weighted by Gasteiger charge is -2.26. The summed E-state index contributed by atoms with van der Waals surface area (Å²) in [4.78, 5) is 24.6. The van der Waals surface area contributed by atoms with Gasteiger partial charge in [0.15, 0.2) is 11.9 Å². The topological polar surface area (TPSA) is 181 Å². The van der Waals surface area contributed by atoms with E-state index in [-0.39, 0.29) is 29.6 Å². The van der Waals surface area contributed by atoms with Crippen molar-refractivity contribution in [2.24, 2.45) is 5.92 Å². The van der Waals surface area contributed by atoms with Crippen molar-refractivity contribution in [1.82, 2.24) is 19.5 Å². The number of para-hydroxylation sites is 1. The number of nitrogen functional groups attached to an aromatic ring is 1. The fourth-order valence-corrected chi connectivity index (χ4v) is 6.13. The average Bonchev–Trinajstić information content (AvgIpc) is 3.41. The standard InChI is InChI=1S/C25H29ClN5O8P/c1-15(2)37-22(33)16(3)13-40(35,39-17-7-5-4-6-8-17)36-12-19-20(32)25(34,9-10-26)23(38-19)31-14-29-18-11-28-24(27)30-21(18)31/h4-8,11,14-16,19-20,23,32,34H,12-13H2,1-3H3,(H2,27,28,30)/t16-,19-,20+,23-,25?,40+/m1/s1. The number of esters is 1. The second kappa shape index (κ2) is 12.1. The summed E-state index contributed by atoms with van der Waals surface area (Å²) in [6, 6.07) is 8.27. The van der Waals surface area contributed by atoms with Crippen LogP contribution in [0, 0.1) is 17.2 Å². The molecule has 0 spiro atoms. The van der Waals surface area contributed by atoms with Crippen LogP contribution in [-0.4, -0.2) is 72.4 Å². The van der Waals surface area contributed by atoms with Crippen molar-refractivity contribution < 1.29 is 38.1 Å². The fraction of sp³-hybridized carbons (Fsp3) is 0.440. The molecule has 3 aromatic rings. The second-order valence-corrected chi connectivity index (χ2v) is 11.7. The Hall–Kier alpha value is -3.24. The first-order valence-electron chi connectivity index (χ1n) is 12.3. The number of imidazole rings is 1. The number of fused-ring (bicyclic) bond motifs is 1. The van der Waals surface area contributed by atoms with Gasteiger partial charge in [-0.2, -0.15) is 4.98 Å². The second-order valence-electron chi connectivity index (χ2n) is 9.49. The number of carbonyl (C=O) groups excluding carboxylic acids is 1. The molecule has 0 saturated carbocycles. The number of rotatable bonds is 10. The monoisotopic (exact) mass is 593 g/mol. The van der Waals surface area contributed by atoms with Gasteiger partial charge in [-0.3, -0.25) is 13.9 Å². The van der Waals surface area contributed by atoms with Crippen molar-refractivity contribution in [2.45, 2.75) is 50.9 Å². The predicted octanol–water partition coefficient (Wildman–Crippen LogP) is 2.47. The fourth-order valence-electron chi connectivity index (χ4n) is 4.11. The number of aromatic nitrogens is 4. The van der Waals surface area contributed by atoms with Crippen LogP contribution in [0.5, 0.6) is 5.75 Å². The van der Waals surface area contributed by atoms with Crippen molar-refractivity contribution >= 4 is 42.3 Å². The molecule has 4 rings (SSSR count). The third kappa shape index (κ3) is 6.39. The molecule has 15 heteroatoms. The van der Waals surface area contributed by atoms with Crippen molar-refractivity contribution in [1.29, 1.82) is 0 Å². The van der Waals surface area contributed by atoms with Crippen LogP contribution >= 0.6 is 19.2 Å². The summed E-state index contributed by atoms with van der Waals surface area (Å²) >= 11 is 5.62. The maximum Gasteiger partial charge on any atom is 0.380 e. The Bertz CT molecular complexity index is 1460. The van der Waals surface area contributed by atoms with Crippen LogP contribution in [0.4, 0.5) is 5.95 Å². The van der Waals surface area contributed by atoms with E-state index in [9.17, 15) is 19.6 Å². The normalized spacial score (nSPS) is 24.7. The molecule has 0 amide bonds. The Kier molecular flexibility index (Phi) is 8.99. The molecule has 13 nitrogen and oxygen atoms in total. The summed E-state index contributed by atoms with van der Waals surface area (Å²) in [5.74, 6) is 1.14. The smallest absolute Gasteiger partial charge is 0.380 e. The van der Waals surface area contributed by atoms with Crippen LogP contribution in [0.25, 0.3) is 11.2 Å². The van der Waals surface area contributed by atoms with Crippen molar-refractivity contribution in [3.8, 4) is 17.0 Å². The largest absolute Gasteiger partial charge is 0.463 e. The van der Waals surface area contributed by atoms with E-state index >= 15 is 0 Å². The number of halogens is 1. The molecule has 1 aliphatic rings. The van der Waals surface area contributed by atoms with Gasteiger partial charge in [-0.15, -0.1) is 0 Å². The van der Waals surface area contributed by atoms with Gasteiger partial charge < -0.3 is 29.9 Å². The molecule has 1 saturated heterocycles. The number of aliphatic hydroxyl groups is 2. The summed E-state index contributed by atoms with van der Waals surface area (Å²) < 4.78 is 37.9. The molecule has 1 unspecified atom stereocenters. The molecule has 4 N–H and O–H groups in total. The first kappa shape index (κ1) is 29.7. The zero-order valence-electron chi connectivity index (χ0n) is 21.9. The molecule has 0 radical (unpaired) electrons. The SMILES string of the molecule is CC(C)OC(=O)[C@H](C)C[P@](=O)(OC[C@H]1O[C@@H](n2cnc3cnc(N)nc32)C(O)(C#CCl)[C@H]1O)Oc1ccccc1. The van der Waals surface area contributed by atoms with Gasteiger partial charge in [0.2, 0.25) is 11.5 Å². The minimum Gasteiger partial charge on any atom is -0.463 e. The molecule has 3 heterocycles. The third-order valence-electron chi connectivity index (χ3n) is 5.99. The Labute approximate surface area is 235 Å². The van der Waals surface area contributed by atoms with Crippen LogP contribution < -0.4 is 10.3 Å². The molecule has 0 aliphatic carbocycles. The summed E-state index contributed by atoms with van der Waals surface area (Å²) in [5, 5.41) is 24.5. The summed E-state index contributed by atoms with van der Waals surface area (Å²) in [6.07, 6.45) is -2.32. The molecule has 214 valence electrons. The van der Waals surface area contributed by atoms with Crippen LogP contribution in [0.2, 0.25) is 0 Å². The number of hydrogen-bond acceptors (Lipinski definition) is 12. The lowest BCUT2D eigenvalue weighted by molar-refractivity contribution is -0.151. The zero-order valence-corrected chi connectivity index (χ0v) is 23.5. The Morgan fingerprint density at radius 3 is 2.70 bits per heavy atom. The number of nitrogens with two attached hydrogens (primary N) is 1. The van der Waals surface area contributed by atoms with E-state index in [1.807, 2.05) is 0 Å². The maximum atomic E-state index is 13.9. The van der Waals surface area contributed by atoms with Crippen molar-refractivity contribution in [3.05, 3.63) is 42.9 Å². The molecule has 1 fully saturated rings. The Balaban J connectivity index is 1.59. The zero-order chi connectivity index (χ0) is 29.1. The summed E-state index contributed by atoms with van der Waals surface area (Å²) in [7, 11) is -4.05.